The Morgan fingerprint density at radius 3 is 2.05 bits per heavy atom. The zero-order chi connectivity index (χ0) is 14.9. The number of hydrogen-bond acceptors (Lipinski definition) is 8. The van der Waals surface area contributed by atoms with Gasteiger partial charge < -0.3 is 24.0 Å². The maximum atomic E-state index is 5.65. The van der Waals surface area contributed by atoms with Crippen LogP contribution in [0.25, 0.3) is 0 Å². The lowest BCUT2D eigenvalue weighted by atomic mass is 10.1. The Bertz CT molecular complexity index is 515. The van der Waals surface area contributed by atoms with Gasteiger partial charge in [-0.05, 0) is 6.92 Å². The quantitative estimate of drug-likeness (QED) is 0.732. The van der Waals surface area contributed by atoms with Crippen molar-refractivity contribution in [2.45, 2.75) is 19.0 Å². The molecule has 4 rings (SSSR count). The van der Waals surface area contributed by atoms with Crippen molar-refractivity contribution in [2.75, 3.05) is 62.5 Å². The second-order valence-electron chi connectivity index (χ2n) is 5.87. The molecule has 0 atom stereocenters. The van der Waals surface area contributed by atoms with Crippen molar-refractivity contribution in [2.24, 2.45) is 0 Å². The average Bonchev–Trinajstić information content (AvgIpc) is 2.54. The van der Waals surface area contributed by atoms with Crippen LogP contribution in [0.5, 0.6) is 0 Å². The Morgan fingerprint density at radius 1 is 0.818 bits per heavy atom. The van der Waals surface area contributed by atoms with Gasteiger partial charge in [-0.2, -0.15) is 15.0 Å². The third kappa shape index (κ3) is 2.62. The Labute approximate surface area is 129 Å². The van der Waals surface area contributed by atoms with Gasteiger partial charge in [-0.1, -0.05) is 0 Å². The zero-order valence-corrected chi connectivity index (χ0v) is 12.8. The van der Waals surface area contributed by atoms with Crippen molar-refractivity contribution in [1.82, 2.24) is 15.0 Å². The second kappa shape index (κ2) is 5.94. The lowest BCUT2D eigenvalue weighted by Crippen LogP contribution is -2.60. The van der Waals surface area contributed by atoms with Gasteiger partial charge >= 0.3 is 0 Å². The smallest absolute Gasteiger partial charge is 0.231 e. The minimum absolute atomic E-state index is 0.187. The summed E-state index contributed by atoms with van der Waals surface area (Å²) in [5.74, 6) is 2.24. The van der Waals surface area contributed by atoms with E-state index in [1.165, 1.54) is 0 Å². The highest BCUT2D eigenvalue weighted by Crippen LogP contribution is 2.25. The highest BCUT2D eigenvalue weighted by atomic mass is 16.5. The number of morpholine rings is 3. The van der Waals surface area contributed by atoms with Crippen LogP contribution in [0.1, 0.15) is 5.82 Å². The van der Waals surface area contributed by atoms with Gasteiger partial charge in [0.1, 0.15) is 5.82 Å². The SMILES string of the molecule is Cc1nc(N2CCOCC2)nc(N2C3COCC2COC3)n1. The van der Waals surface area contributed by atoms with Crippen LogP contribution in [0.15, 0.2) is 0 Å². The molecule has 0 aliphatic carbocycles. The number of fused-ring (bicyclic) bond motifs is 2. The Morgan fingerprint density at radius 2 is 1.41 bits per heavy atom. The monoisotopic (exact) mass is 307 g/mol. The van der Waals surface area contributed by atoms with Gasteiger partial charge in [0.2, 0.25) is 11.9 Å². The van der Waals surface area contributed by atoms with E-state index in [2.05, 4.69) is 19.8 Å². The van der Waals surface area contributed by atoms with Crippen LogP contribution in [-0.2, 0) is 14.2 Å². The minimum atomic E-state index is 0.187. The predicted octanol–water partition coefficient (Wildman–Crippen LogP) is -0.379. The molecular formula is C14H21N5O3. The van der Waals surface area contributed by atoms with Gasteiger partial charge in [0.15, 0.2) is 0 Å². The standard InChI is InChI=1S/C14H21N5O3/c1-10-15-13(18-2-4-20-5-3-18)17-14(16-10)19-11-6-21-8-12(19)9-22-7-11/h11-12H,2-9H2,1H3. The van der Waals surface area contributed by atoms with Crippen LogP contribution in [0.4, 0.5) is 11.9 Å². The van der Waals surface area contributed by atoms with Crippen LogP contribution in [0, 0.1) is 6.92 Å². The molecule has 0 unspecified atom stereocenters. The van der Waals surface area contributed by atoms with Crippen LogP contribution in [0.2, 0.25) is 0 Å². The fourth-order valence-corrected chi connectivity index (χ4v) is 3.20. The van der Waals surface area contributed by atoms with Crippen molar-refractivity contribution >= 4 is 11.9 Å². The molecule has 8 nitrogen and oxygen atoms in total. The second-order valence-corrected chi connectivity index (χ2v) is 5.87. The molecule has 0 saturated carbocycles. The molecule has 22 heavy (non-hydrogen) atoms. The fraction of sp³-hybridized carbons (Fsp3) is 0.786. The number of ether oxygens (including phenoxy) is 3. The predicted molar refractivity (Wildman–Crippen MR) is 79.3 cm³/mol. The van der Waals surface area contributed by atoms with E-state index in [4.69, 9.17) is 19.2 Å². The summed E-state index contributed by atoms with van der Waals surface area (Å²) in [6.45, 7) is 7.64. The molecule has 2 bridgehead atoms. The van der Waals surface area contributed by atoms with E-state index in [9.17, 15) is 0 Å². The van der Waals surface area contributed by atoms with Crippen molar-refractivity contribution in [3.8, 4) is 0 Å². The van der Waals surface area contributed by atoms with Crippen molar-refractivity contribution in [1.29, 1.82) is 0 Å². The molecule has 0 N–H and O–H groups in total. The molecule has 3 aliphatic heterocycles. The van der Waals surface area contributed by atoms with Gasteiger partial charge in [0.05, 0.1) is 51.7 Å². The van der Waals surface area contributed by atoms with Crippen molar-refractivity contribution < 1.29 is 14.2 Å². The number of aryl methyl sites for hydroxylation is 1. The largest absolute Gasteiger partial charge is 0.378 e. The molecule has 8 heteroatoms. The summed E-state index contributed by atoms with van der Waals surface area (Å²) >= 11 is 0. The molecule has 3 saturated heterocycles. The van der Waals surface area contributed by atoms with Crippen LogP contribution in [-0.4, -0.2) is 79.8 Å². The first-order chi connectivity index (χ1) is 10.8. The number of nitrogens with zero attached hydrogens (tertiary/aromatic N) is 5. The highest BCUT2D eigenvalue weighted by Gasteiger charge is 2.37. The average molecular weight is 307 g/mol. The Balaban J connectivity index is 1.64. The maximum Gasteiger partial charge on any atom is 0.231 e. The van der Waals surface area contributed by atoms with Gasteiger partial charge in [-0.15, -0.1) is 0 Å². The van der Waals surface area contributed by atoms with Crippen molar-refractivity contribution in [3.63, 3.8) is 0 Å². The Hall–Kier alpha value is -1.51. The first kappa shape index (κ1) is 14.1. The topological polar surface area (TPSA) is 72.8 Å². The van der Waals surface area contributed by atoms with E-state index in [-0.39, 0.29) is 12.1 Å². The normalized spacial score (nSPS) is 28.8. The van der Waals surface area contributed by atoms with Gasteiger partial charge in [0, 0.05) is 13.1 Å². The molecule has 1 aromatic heterocycles. The molecule has 0 radical (unpaired) electrons. The third-order valence-corrected chi connectivity index (χ3v) is 4.28. The first-order valence-corrected chi connectivity index (χ1v) is 7.80. The molecule has 3 aliphatic rings. The molecule has 0 spiro atoms. The van der Waals surface area contributed by atoms with Gasteiger partial charge in [-0.3, -0.25) is 0 Å². The molecule has 4 heterocycles. The summed E-state index contributed by atoms with van der Waals surface area (Å²) in [4.78, 5) is 18.2. The number of rotatable bonds is 2. The third-order valence-electron chi connectivity index (χ3n) is 4.28. The highest BCUT2D eigenvalue weighted by molar-refractivity contribution is 5.42. The van der Waals surface area contributed by atoms with E-state index >= 15 is 0 Å². The van der Waals surface area contributed by atoms with E-state index in [1.807, 2.05) is 6.92 Å². The summed E-state index contributed by atoms with van der Waals surface area (Å²) in [5, 5.41) is 0. The van der Waals surface area contributed by atoms with E-state index in [0.717, 1.165) is 44.0 Å². The molecule has 3 fully saturated rings. The zero-order valence-electron chi connectivity index (χ0n) is 12.8. The molecular weight excluding hydrogens is 286 g/mol. The van der Waals surface area contributed by atoms with Gasteiger partial charge in [0.25, 0.3) is 0 Å². The first-order valence-electron chi connectivity index (χ1n) is 7.80. The summed E-state index contributed by atoms with van der Waals surface area (Å²) in [7, 11) is 0. The van der Waals surface area contributed by atoms with E-state index < -0.39 is 0 Å². The summed E-state index contributed by atoms with van der Waals surface area (Å²) in [6, 6.07) is 0.374. The van der Waals surface area contributed by atoms with Crippen LogP contribution >= 0.6 is 0 Å². The molecule has 120 valence electrons. The van der Waals surface area contributed by atoms with Gasteiger partial charge in [-0.25, -0.2) is 0 Å². The minimum Gasteiger partial charge on any atom is -0.378 e. The maximum absolute atomic E-state index is 5.65. The van der Waals surface area contributed by atoms with Crippen LogP contribution in [0.3, 0.4) is 0 Å². The van der Waals surface area contributed by atoms with Crippen LogP contribution < -0.4 is 9.80 Å². The summed E-state index contributed by atoms with van der Waals surface area (Å²) < 4.78 is 16.7. The molecule has 1 aromatic rings. The van der Waals surface area contributed by atoms with E-state index in [1.54, 1.807) is 0 Å². The fourth-order valence-electron chi connectivity index (χ4n) is 3.20. The number of anilines is 2. The lowest BCUT2D eigenvalue weighted by Gasteiger charge is -2.45. The van der Waals surface area contributed by atoms with Crippen molar-refractivity contribution in [3.05, 3.63) is 5.82 Å². The number of hydrogen-bond donors (Lipinski definition) is 0. The summed E-state index contributed by atoms with van der Waals surface area (Å²) in [5.41, 5.74) is 0. The molecule has 0 amide bonds. The number of aromatic nitrogens is 3. The lowest BCUT2D eigenvalue weighted by molar-refractivity contribution is -0.0355. The Kier molecular flexibility index (Phi) is 3.81. The molecule has 0 aromatic carbocycles. The van der Waals surface area contributed by atoms with E-state index in [0.29, 0.717) is 26.4 Å². The summed E-state index contributed by atoms with van der Waals surface area (Å²) in [6.07, 6.45) is 0.